The van der Waals surface area contributed by atoms with Crippen LogP contribution in [0, 0.1) is 34.0 Å². The Labute approximate surface area is 188 Å². The van der Waals surface area contributed by atoms with Gasteiger partial charge in [0.25, 0.3) is 0 Å². The van der Waals surface area contributed by atoms with Crippen molar-refractivity contribution >= 4 is 0 Å². The first-order valence-corrected chi connectivity index (χ1v) is 13.0. The van der Waals surface area contributed by atoms with Gasteiger partial charge in [-0.15, -0.1) is 0 Å². The van der Waals surface area contributed by atoms with Crippen molar-refractivity contribution in [3.8, 4) is 0 Å². The fourth-order valence-corrected chi connectivity index (χ4v) is 8.47. The molecule has 0 N–H and O–H groups in total. The lowest BCUT2D eigenvalue weighted by Gasteiger charge is -2.62. The van der Waals surface area contributed by atoms with Crippen molar-refractivity contribution in [3.63, 3.8) is 0 Å². The van der Waals surface area contributed by atoms with Crippen LogP contribution >= 0.6 is 0 Å². The molecule has 0 saturated heterocycles. The second kappa shape index (κ2) is 8.99. The topological polar surface area (TPSA) is 0 Å². The maximum atomic E-state index is 4.67. The van der Waals surface area contributed by atoms with Crippen LogP contribution in [0.3, 0.4) is 0 Å². The average Bonchev–Trinajstić information content (AvgIpc) is 2.99. The summed E-state index contributed by atoms with van der Waals surface area (Å²) < 4.78 is 0. The normalized spacial score (nSPS) is 38.0. The van der Waals surface area contributed by atoms with Crippen LogP contribution in [-0.2, 0) is 0 Å². The third kappa shape index (κ3) is 4.54. The summed E-state index contributed by atoms with van der Waals surface area (Å²) in [6.45, 7) is 21.8. The summed E-state index contributed by atoms with van der Waals surface area (Å²) in [7, 11) is 0. The summed E-state index contributed by atoms with van der Waals surface area (Å²) >= 11 is 0. The van der Waals surface area contributed by atoms with Crippen LogP contribution < -0.4 is 0 Å². The van der Waals surface area contributed by atoms with Crippen LogP contribution in [0.5, 0.6) is 0 Å². The summed E-state index contributed by atoms with van der Waals surface area (Å²) in [6, 6.07) is 0. The average molecular weight is 411 g/mol. The quantitative estimate of drug-likeness (QED) is 0.366. The van der Waals surface area contributed by atoms with Crippen molar-refractivity contribution in [3.05, 3.63) is 35.5 Å². The highest BCUT2D eigenvalue weighted by molar-refractivity contribution is 5.18. The standard InChI is InChI=1S/C30H50/c1-22(2)12-9-13-23(3)14-10-15-24(4)25-16-17-27-29(25,7)21-18-26-28(5,6)19-11-20-30(26,27)8/h12,14,25-27H,4,9-11,13,15-21H2,1-3,5-8H3/b23-14+/t25-,26+,27-,29+,30+/m1/s1. The van der Waals surface area contributed by atoms with Gasteiger partial charge < -0.3 is 0 Å². The molecule has 0 radical (unpaired) electrons. The van der Waals surface area contributed by atoms with E-state index in [-0.39, 0.29) is 0 Å². The van der Waals surface area contributed by atoms with E-state index >= 15 is 0 Å². The van der Waals surface area contributed by atoms with E-state index in [9.17, 15) is 0 Å². The third-order valence-electron chi connectivity index (χ3n) is 9.92. The molecule has 3 saturated carbocycles. The molecule has 5 atom stereocenters. The van der Waals surface area contributed by atoms with Gasteiger partial charge in [-0.2, -0.15) is 0 Å². The predicted molar refractivity (Wildman–Crippen MR) is 134 cm³/mol. The summed E-state index contributed by atoms with van der Waals surface area (Å²) in [5.41, 5.74) is 6.14. The predicted octanol–water partition coefficient (Wildman–Crippen LogP) is 9.67. The fraction of sp³-hybridized carbons (Fsp3) is 0.800. The zero-order valence-corrected chi connectivity index (χ0v) is 21.4. The van der Waals surface area contributed by atoms with Gasteiger partial charge in [0.1, 0.15) is 0 Å². The van der Waals surface area contributed by atoms with Gasteiger partial charge in [0.15, 0.2) is 0 Å². The van der Waals surface area contributed by atoms with Gasteiger partial charge in [-0.25, -0.2) is 0 Å². The summed E-state index contributed by atoms with van der Waals surface area (Å²) in [5, 5.41) is 0. The zero-order chi connectivity index (χ0) is 22.2. The Kier molecular flexibility index (Phi) is 7.16. The molecule has 0 aromatic rings. The molecular formula is C30H50. The Bertz CT molecular complexity index is 685. The Hall–Kier alpha value is -0.780. The molecule has 0 nitrogen and oxygen atoms in total. The Morgan fingerprint density at radius 2 is 1.50 bits per heavy atom. The Morgan fingerprint density at radius 3 is 2.20 bits per heavy atom. The van der Waals surface area contributed by atoms with Crippen molar-refractivity contribution in [2.45, 2.75) is 119 Å². The van der Waals surface area contributed by atoms with Gasteiger partial charge in [0, 0.05) is 0 Å². The van der Waals surface area contributed by atoms with Crippen LogP contribution in [0.15, 0.2) is 35.5 Å². The van der Waals surface area contributed by atoms with E-state index in [1.165, 1.54) is 76.2 Å². The fourth-order valence-electron chi connectivity index (χ4n) is 8.47. The molecular weight excluding hydrogens is 360 g/mol. The van der Waals surface area contributed by atoms with Crippen molar-refractivity contribution in [1.29, 1.82) is 0 Å². The van der Waals surface area contributed by atoms with E-state index in [4.69, 9.17) is 0 Å². The molecule has 0 aromatic heterocycles. The maximum Gasteiger partial charge on any atom is -0.0149 e. The Balaban J connectivity index is 1.62. The van der Waals surface area contributed by atoms with Crippen molar-refractivity contribution in [1.82, 2.24) is 0 Å². The minimum atomic E-state index is 0.498. The summed E-state index contributed by atoms with van der Waals surface area (Å²) in [6.07, 6.45) is 19.7. The van der Waals surface area contributed by atoms with Gasteiger partial charge in [0.2, 0.25) is 0 Å². The van der Waals surface area contributed by atoms with E-state index in [0.29, 0.717) is 16.2 Å². The van der Waals surface area contributed by atoms with Crippen LogP contribution in [0.4, 0.5) is 0 Å². The highest BCUT2D eigenvalue weighted by atomic mass is 14.7. The molecule has 0 heterocycles. The van der Waals surface area contributed by atoms with Crippen molar-refractivity contribution in [2.24, 2.45) is 34.0 Å². The number of fused-ring (bicyclic) bond motifs is 3. The lowest BCUT2D eigenvalue weighted by Crippen LogP contribution is -2.54. The van der Waals surface area contributed by atoms with Crippen LogP contribution in [0.2, 0.25) is 0 Å². The highest BCUT2D eigenvalue weighted by Crippen LogP contribution is 2.70. The first-order chi connectivity index (χ1) is 14.0. The van der Waals surface area contributed by atoms with E-state index in [1.807, 2.05) is 0 Å². The molecule has 0 amide bonds. The molecule has 0 aliphatic heterocycles. The first-order valence-electron chi connectivity index (χ1n) is 13.0. The zero-order valence-electron chi connectivity index (χ0n) is 21.4. The highest BCUT2D eigenvalue weighted by Gasteiger charge is 2.62. The van der Waals surface area contributed by atoms with Crippen LogP contribution in [0.25, 0.3) is 0 Å². The molecule has 0 bridgehead atoms. The smallest absolute Gasteiger partial charge is 0.0149 e. The molecule has 170 valence electrons. The monoisotopic (exact) mass is 410 g/mol. The Morgan fingerprint density at radius 1 is 0.800 bits per heavy atom. The van der Waals surface area contributed by atoms with Gasteiger partial charge in [-0.05, 0) is 119 Å². The van der Waals surface area contributed by atoms with Crippen molar-refractivity contribution < 1.29 is 0 Å². The molecule has 0 aromatic carbocycles. The maximum absolute atomic E-state index is 4.67. The SMILES string of the molecule is C=C(CC/C=C(\C)CCC=C(C)C)[C@H]1CC[C@@H]2[C@@]1(C)CC[C@H]1C(C)(C)CCC[C@]21C. The van der Waals surface area contributed by atoms with E-state index in [0.717, 1.165) is 17.8 Å². The third-order valence-corrected chi connectivity index (χ3v) is 9.92. The van der Waals surface area contributed by atoms with Gasteiger partial charge >= 0.3 is 0 Å². The molecule has 0 unspecified atom stereocenters. The minimum Gasteiger partial charge on any atom is -0.0995 e. The number of allylic oxidation sites excluding steroid dienone is 5. The summed E-state index contributed by atoms with van der Waals surface area (Å²) in [5.74, 6) is 2.59. The minimum absolute atomic E-state index is 0.498. The van der Waals surface area contributed by atoms with Gasteiger partial charge in [-0.3, -0.25) is 0 Å². The lowest BCUT2D eigenvalue weighted by molar-refractivity contribution is -0.123. The van der Waals surface area contributed by atoms with Crippen LogP contribution in [0.1, 0.15) is 119 Å². The molecule has 30 heavy (non-hydrogen) atoms. The number of hydrogen-bond acceptors (Lipinski definition) is 0. The molecule has 3 aliphatic rings. The lowest BCUT2D eigenvalue weighted by atomic mass is 9.43. The molecule has 3 rings (SSSR count). The van der Waals surface area contributed by atoms with Gasteiger partial charge in [-0.1, -0.05) is 69.6 Å². The van der Waals surface area contributed by atoms with Gasteiger partial charge in [0.05, 0.1) is 0 Å². The first kappa shape index (κ1) is 23.9. The van der Waals surface area contributed by atoms with E-state index in [1.54, 1.807) is 11.1 Å². The largest absolute Gasteiger partial charge is 0.0995 e. The second-order valence-electron chi connectivity index (χ2n) is 12.7. The molecule has 0 spiro atoms. The second-order valence-corrected chi connectivity index (χ2v) is 12.7. The molecule has 3 fully saturated rings. The molecule has 3 aliphatic carbocycles. The molecule has 0 heteroatoms. The van der Waals surface area contributed by atoms with Crippen molar-refractivity contribution in [2.75, 3.05) is 0 Å². The number of hydrogen-bond donors (Lipinski definition) is 0. The summed E-state index contributed by atoms with van der Waals surface area (Å²) in [4.78, 5) is 0. The van der Waals surface area contributed by atoms with E-state index < -0.39 is 0 Å². The van der Waals surface area contributed by atoms with E-state index in [2.05, 4.69) is 67.2 Å². The number of rotatable bonds is 7. The van der Waals surface area contributed by atoms with Crippen LogP contribution in [-0.4, -0.2) is 0 Å².